The van der Waals surface area contributed by atoms with E-state index < -0.39 is 5.92 Å². The SMILES string of the molecule is COc1cc(C2C3=C(CC(C)(C)CC3=O)OC3=C2C(=O)CC(C)(C)C3)cc(I)c1OCC(=O)Nc1cc(C)ccc1C. The second-order valence-corrected chi connectivity index (χ2v) is 14.4. The van der Waals surface area contributed by atoms with Gasteiger partial charge >= 0.3 is 0 Å². The number of carbonyl (C=O) groups excluding carboxylic acids is 3. The maximum absolute atomic E-state index is 13.6. The monoisotopic (exact) mass is 683 g/mol. The van der Waals surface area contributed by atoms with Gasteiger partial charge in [-0.05, 0) is 82.2 Å². The molecule has 0 spiro atoms. The summed E-state index contributed by atoms with van der Waals surface area (Å²) < 4.78 is 18.9. The van der Waals surface area contributed by atoms with E-state index in [1.54, 1.807) is 7.11 Å². The molecule has 1 N–H and O–H groups in total. The van der Waals surface area contributed by atoms with Crippen molar-refractivity contribution in [1.29, 1.82) is 0 Å². The number of rotatable bonds is 6. The fourth-order valence-corrected chi connectivity index (χ4v) is 7.03. The van der Waals surface area contributed by atoms with Crippen LogP contribution in [0.1, 0.15) is 76.0 Å². The molecular formula is C34H38INO6. The highest BCUT2D eigenvalue weighted by Crippen LogP contribution is 2.54. The maximum atomic E-state index is 13.6. The van der Waals surface area contributed by atoms with Gasteiger partial charge in [0.25, 0.3) is 5.91 Å². The Balaban J connectivity index is 1.50. The summed E-state index contributed by atoms with van der Waals surface area (Å²) >= 11 is 2.16. The van der Waals surface area contributed by atoms with Crippen LogP contribution >= 0.6 is 22.6 Å². The first-order chi connectivity index (χ1) is 19.7. The lowest BCUT2D eigenvalue weighted by atomic mass is 9.65. The number of hydrogen-bond acceptors (Lipinski definition) is 6. The number of ketones is 2. The molecule has 2 aromatic carbocycles. The molecule has 42 heavy (non-hydrogen) atoms. The zero-order valence-electron chi connectivity index (χ0n) is 25.3. The van der Waals surface area contributed by atoms with E-state index in [4.69, 9.17) is 14.2 Å². The number of Topliss-reactive ketones (excluding diaryl/α,β-unsaturated/α-hetero) is 2. The second kappa shape index (κ2) is 11.2. The van der Waals surface area contributed by atoms with Crippen LogP contribution in [0, 0.1) is 28.2 Å². The normalized spacial score (nSPS) is 19.6. The van der Waals surface area contributed by atoms with Crippen LogP contribution in [0.3, 0.4) is 0 Å². The zero-order valence-corrected chi connectivity index (χ0v) is 27.5. The molecule has 5 rings (SSSR count). The molecule has 0 saturated carbocycles. The summed E-state index contributed by atoms with van der Waals surface area (Å²) in [6.45, 7) is 12.0. The van der Waals surface area contributed by atoms with Crippen LogP contribution in [-0.2, 0) is 19.1 Å². The summed E-state index contributed by atoms with van der Waals surface area (Å²) in [6, 6.07) is 9.63. The third-order valence-corrected chi connectivity index (χ3v) is 8.98. The molecule has 0 aromatic heterocycles. The van der Waals surface area contributed by atoms with Crippen molar-refractivity contribution in [3.05, 3.63) is 73.3 Å². The van der Waals surface area contributed by atoms with Gasteiger partial charge in [-0.1, -0.05) is 39.8 Å². The number of methoxy groups -OCH3 is 1. The zero-order chi connectivity index (χ0) is 30.6. The lowest BCUT2D eigenvalue weighted by Crippen LogP contribution is -2.37. The molecule has 0 unspecified atom stereocenters. The first-order valence-corrected chi connectivity index (χ1v) is 15.3. The van der Waals surface area contributed by atoms with Gasteiger partial charge in [0, 0.05) is 48.4 Å². The number of nitrogens with one attached hydrogen (secondary N) is 1. The Kier molecular flexibility index (Phi) is 8.06. The van der Waals surface area contributed by atoms with Gasteiger partial charge < -0.3 is 19.5 Å². The third-order valence-electron chi connectivity index (χ3n) is 8.18. The van der Waals surface area contributed by atoms with Gasteiger partial charge in [-0.3, -0.25) is 14.4 Å². The Morgan fingerprint density at radius 2 is 1.55 bits per heavy atom. The van der Waals surface area contributed by atoms with Crippen LogP contribution < -0.4 is 14.8 Å². The first-order valence-electron chi connectivity index (χ1n) is 14.3. The van der Waals surface area contributed by atoms with Gasteiger partial charge in [0.2, 0.25) is 0 Å². The van der Waals surface area contributed by atoms with E-state index >= 15 is 0 Å². The van der Waals surface area contributed by atoms with Crippen molar-refractivity contribution in [3.63, 3.8) is 0 Å². The molecule has 0 bridgehead atoms. The Morgan fingerprint density at radius 3 is 2.12 bits per heavy atom. The number of ether oxygens (including phenoxy) is 3. The van der Waals surface area contributed by atoms with Crippen molar-refractivity contribution in [2.45, 2.75) is 73.1 Å². The fraction of sp³-hybridized carbons (Fsp3) is 0.441. The van der Waals surface area contributed by atoms with Crippen molar-refractivity contribution in [2.75, 3.05) is 19.0 Å². The molecule has 2 aromatic rings. The number of hydrogen-bond donors (Lipinski definition) is 1. The summed E-state index contributed by atoms with van der Waals surface area (Å²) in [5.41, 5.74) is 4.21. The number of halogens is 1. The van der Waals surface area contributed by atoms with Gasteiger partial charge in [-0.15, -0.1) is 0 Å². The van der Waals surface area contributed by atoms with E-state index in [-0.39, 0.29) is 34.9 Å². The lowest BCUT2D eigenvalue weighted by Gasteiger charge is -2.42. The van der Waals surface area contributed by atoms with Crippen molar-refractivity contribution < 1.29 is 28.6 Å². The number of anilines is 1. The topological polar surface area (TPSA) is 90.9 Å². The van der Waals surface area contributed by atoms with E-state index in [2.05, 4.69) is 55.6 Å². The van der Waals surface area contributed by atoms with Crippen LogP contribution in [0.4, 0.5) is 5.69 Å². The molecule has 2 aliphatic carbocycles. The Bertz CT molecular complexity index is 1510. The van der Waals surface area contributed by atoms with Crippen molar-refractivity contribution >= 4 is 45.8 Å². The highest BCUT2D eigenvalue weighted by Gasteiger charge is 2.48. The van der Waals surface area contributed by atoms with Crippen molar-refractivity contribution in [2.24, 2.45) is 10.8 Å². The molecule has 1 amide bonds. The smallest absolute Gasteiger partial charge is 0.262 e. The summed E-state index contributed by atoms with van der Waals surface area (Å²) in [6.07, 6.45) is 2.03. The molecule has 0 radical (unpaired) electrons. The number of carbonyl (C=O) groups is 3. The number of amides is 1. The quantitative estimate of drug-likeness (QED) is 0.321. The van der Waals surface area contributed by atoms with Gasteiger partial charge in [-0.2, -0.15) is 0 Å². The molecule has 7 nitrogen and oxygen atoms in total. The lowest BCUT2D eigenvalue weighted by molar-refractivity contribution is -0.120. The second-order valence-electron chi connectivity index (χ2n) is 13.3. The Morgan fingerprint density at radius 1 is 0.952 bits per heavy atom. The molecule has 0 fully saturated rings. The average Bonchev–Trinajstić information content (AvgIpc) is 2.87. The van der Waals surface area contributed by atoms with E-state index in [1.165, 1.54) is 0 Å². The van der Waals surface area contributed by atoms with Crippen LogP contribution in [0.15, 0.2) is 53.0 Å². The van der Waals surface area contributed by atoms with E-state index in [1.807, 2.05) is 44.2 Å². The minimum Gasteiger partial charge on any atom is -0.493 e. The summed E-state index contributed by atoms with van der Waals surface area (Å²) in [7, 11) is 1.54. The number of benzene rings is 2. The fourth-order valence-electron chi connectivity index (χ4n) is 6.25. The molecule has 8 heteroatoms. The summed E-state index contributed by atoms with van der Waals surface area (Å²) in [5, 5.41) is 2.92. The van der Waals surface area contributed by atoms with Crippen LogP contribution in [0.2, 0.25) is 0 Å². The summed E-state index contributed by atoms with van der Waals surface area (Å²) in [4.78, 5) is 40.1. The number of aryl methyl sites for hydroxylation is 2. The average molecular weight is 684 g/mol. The Hall–Kier alpha value is -3.14. The molecule has 1 aliphatic heterocycles. The Labute approximate surface area is 261 Å². The van der Waals surface area contributed by atoms with Crippen molar-refractivity contribution in [1.82, 2.24) is 0 Å². The molecule has 1 heterocycles. The predicted octanol–water partition coefficient (Wildman–Crippen LogP) is 7.33. The van der Waals surface area contributed by atoms with Crippen LogP contribution in [-0.4, -0.2) is 31.2 Å². The molecule has 0 saturated heterocycles. The third kappa shape index (κ3) is 6.00. The summed E-state index contributed by atoms with van der Waals surface area (Å²) in [5.74, 6) is 1.39. The maximum Gasteiger partial charge on any atom is 0.262 e. The van der Waals surface area contributed by atoms with E-state index in [0.717, 1.165) is 22.4 Å². The van der Waals surface area contributed by atoms with Gasteiger partial charge in [0.05, 0.1) is 10.7 Å². The van der Waals surface area contributed by atoms with Crippen LogP contribution in [0.25, 0.3) is 0 Å². The molecule has 222 valence electrons. The standard InChI is InChI=1S/C34H38INO6/c1-18-8-9-19(2)22(10-18)36-28(39)17-41-32-21(35)11-20(12-25(32)40-7)29-30-23(37)13-33(3,4)15-26(30)42-27-16-34(5,6)14-24(38)31(27)29/h8-12,29H,13-17H2,1-7H3,(H,36,39). The van der Waals surface area contributed by atoms with Crippen molar-refractivity contribution in [3.8, 4) is 11.5 Å². The van der Waals surface area contributed by atoms with Crippen LogP contribution in [0.5, 0.6) is 11.5 Å². The molecule has 0 atom stereocenters. The largest absolute Gasteiger partial charge is 0.493 e. The molecular weight excluding hydrogens is 645 g/mol. The highest BCUT2D eigenvalue weighted by molar-refractivity contribution is 14.1. The molecule has 3 aliphatic rings. The van der Waals surface area contributed by atoms with Gasteiger partial charge in [0.1, 0.15) is 11.5 Å². The predicted molar refractivity (Wildman–Crippen MR) is 170 cm³/mol. The van der Waals surface area contributed by atoms with Gasteiger partial charge in [-0.25, -0.2) is 0 Å². The van der Waals surface area contributed by atoms with E-state index in [0.29, 0.717) is 63.4 Å². The highest BCUT2D eigenvalue weighted by atomic mass is 127. The first kappa shape index (κ1) is 30.3. The van der Waals surface area contributed by atoms with Gasteiger partial charge in [0.15, 0.2) is 29.7 Å². The van der Waals surface area contributed by atoms with E-state index in [9.17, 15) is 14.4 Å². The minimum atomic E-state index is -0.542. The number of allylic oxidation sites excluding steroid dienone is 4. The minimum absolute atomic E-state index is 0.00727.